The van der Waals surface area contributed by atoms with Gasteiger partial charge >= 0.3 is 6.09 Å². The minimum Gasteiger partial charge on any atom is -0.504 e. The fourth-order valence-corrected chi connectivity index (χ4v) is 1.99. The first-order chi connectivity index (χ1) is 9.49. The Bertz CT molecular complexity index is 645. The zero-order valence-corrected chi connectivity index (χ0v) is 12.0. The molecule has 0 atom stereocenters. The van der Waals surface area contributed by atoms with Crippen molar-refractivity contribution in [2.75, 3.05) is 5.32 Å². The molecule has 0 aliphatic rings. The lowest BCUT2D eigenvalue weighted by Crippen LogP contribution is -2.16. The van der Waals surface area contributed by atoms with Gasteiger partial charge in [0.05, 0.1) is 10.7 Å². The van der Waals surface area contributed by atoms with E-state index in [1.54, 1.807) is 37.3 Å². The molecule has 1 amide bonds. The number of hydrogen-bond acceptors (Lipinski definition) is 3. The van der Waals surface area contributed by atoms with Gasteiger partial charge in [-0.1, -0.05) is 41.4 Å². The number of phenolic OH excluding ortho intramolecular Hbond substituents is 1. The molecule has 0 fully saturated rings. The van der Waals surface area contributed by atoms with Crippen molar-refractivity contribution >= 4 is 35.0 Å². The van der Waals surface area contributed by atoms with E-state index >= 15 is 0 Å². The molecule has 20 heavy (non-hydrogen) atoms. The van der Waals surface area contributed by atoms with Crippen LogP contribution in [-0.2, 0) is 0 Å². The number of phenols is 1. The van der Waals surface area contributed by atoms with Gasteiger partial charge in [-0.05, 0) is 30.7 Å². The molecule has 0 unspecified atom stereocenters. The van der Waals surface area contributed by atoms with Crippen molar-refractivity contribution < 1.29 is 14.6 Å². The molecular formula is C14H11Cl2NO3. The van der Waals surface area contributed by atoms with Crippen molar-refractivity contribution in [1.82, 2.24) is 0 Å². The summed E-state index contributed by atoms with van der Waals surface area (Å²) >= 11 is 11.9. The van der Waals surface area contributed by atoms with E-state index in [1.165, 1.54) is 6.07 Å². The van der Waals surface area contributed by atoms with Crippen LogP contribution in [0, 0.1) is 6.92 Å². The minimum absolute atomic E-state index is 0.0894. The molecule has 0 aliphatic carbocycles. The highest BCUT2D eigenvalue weighted by Crippen LogP contribution is 2.38. The molecule has 0 saturated carbocycles. The van der Waals surface area contributed by atoms with Gasteiger partial charge in [0.25, 0.3) is 0 Å². The number of ether oxygens (including phenoxy) is 1. The number of para-hydroxylation sites is 1. The molecule has 2 aromatic rings. The van der Waals surface area contributed by atoms with Gasteiger partial charge in [-0.25, -0.2) is 4.79 Å². The van der Waals surface area contributed by atoms with Crippen LogP contribution in [0.5, 0.6) is 11.5 Å². The fourth-order valence-electron chi connectivity index (χ4n) is 1.53. The minimum atomic E-state index is -0.748. The van der Waals surface area contributed by atoms with Crippen molar-refractivity contribution in [3.63, 3.8) is 0 Å². The standard InChI is InChI=1S/C14H11Cl2NO3/c1-8-10(15)7-11(13(18)12(8)16)17-14(19)20-9-5-3-2-4-6-9/h2-7,18H,1H3,(H,17,19). The van der Waals surface area contributed by atoms with Gasteiger partial charge in [-0.2, -0.15) is 0 Å². The quantitative estimate of drug-likeness (QED) is 0.796. The summed E-state index contributed by atoms with van der Waals surface area (Å²) in [6.45, 7) is 1.66. The number of aromatic hydroxyl groups is 1. The third-order valence-corrected chi connectivity index (χ3v) is 3.47. The van der Waals surface area contributed by atoms with Gasteiger partial charge in [-0.15, -0.1) is 0 Å². The molecular weight excluding hydrogens is 301 g/mol. The first-order valence-corrected chi connectivity index (χ1v) is 6.46. The number of anilines is 1. The van der Waals surface area contributed by atoms with Gasteiger partial charge in [0.1, 0.15) is 5.75 Å². The topological polar surface area (TPSA) is 58.6 Å². The van der Waals surface area contributed by atoms with Gasteiger partial charge < -0.3 is 9.84 Å². The molecule has 4 nitrogen and oxygen atoms in total. The van der Waals surface area contributed by atoms with Gasteiger partial charge in [0.15, 0.2) is 5.75 Å². The summed E-state index contributed by atoms with van der Waals surface area (Å²) in [6.07, 6.45) is -0.748. The highest BCUT2D eigenvalue weighted by atomic mass is 35.5. The van der Waals surface area contributed by atoms with E-state index in [9.17, 15) is 9.90 Å². The van der Waals surface area contributed by atoms with Crippen LogP contribution in [0.1, 0.15) is 5.56 Å². The van der Waals surface area contributed by atoms with Crippen molar-refractivity contribution in [2.45, 2.75) is 6.92 Å². The molecule has 0 heterocycles. The third kappa shape index (κ3) is 3.15. The van der Waals surface area contributed by atoms with Crippen LogP contribution in [0.2, 0.25) is 10.0 Å². The molecule has 0 radical (unpaired) electrons. The summed E-state index contributed by atoms with van der Waals surface area (Å²) < 4.78 is 5.04. The van der Waals surface area contributed by atoms with Crippen molar-refractivity contribution in [1.29, 1.82) is 0 Å². The maximum atomic E-state index is 11.7. The molecule has 0 spiro atoms. The van der Waals surface area contributed by atoms with E-state index in [0.717, 1.165) is 0 Å². The van der Waals surface area contributed by atoms with E-state index in [-0.39, 0.29) is 16.5 Å². The van der Waals surface area contributed by atoms with Gasteiger partial charge in [0.2, 0.25) is 0 Å². The van der Waals surface area contributed by atoms with Gasteiger partial charge in [0, 0.05) is 5.02 Å². The van der Waals surface area contributed by atoms with E-state index in [1.807, 2.05) is 0 Å². The van der Waals surface area contributed by atoms with E-state index in [4.69, 9.17) is 27.9 Å². The summed E-state index contributed by atoms with van der Waals surface area (Å²) in [5, 5.41) is 12.7. The Balaban J connectivity index is 2.16. The van der Waals surface area contributed by atoms with E-state index in [2.05, 4.69) is 5.32 Å². The van der Waals surface area contributed by atoms with Crippen molar-refractivity contribution in [2.24, 2.45) is 0 Å². The van der Waals surface area contributed by atoms with Crippen LogP contribution >= 0.6 is 23.2 Å². The monoisotopic (exact) mass is 311 g/mol. The van der Waals surface area contributed by atoms with Crippen LogP contribution in [-0.4, -0.2) is 11.2 Å². The third-order valence-electron chi connectivity index (χ3n) is 2.61. The second kappa shape index (κ2) is 6.03. The summed E-state index contributed by atoms with van der Waals surface area (Å²) in [5.41, 5.74) is 0.624. The lowest BCUT2D eigenvalue weighted by molar-refractivity contribution is 0.215. The van der Waals surface area contributed by atoms with E-state index < -0.39 is 6.09 Å². The summed E-state index contributed by atoms with van der Waals surface area (Å²) in [4.78, 5) is 11.7. The number of benzene rings is 2. The Labute approximate surface area is 125 Å². The molecule has 2 N–H and O–H groups in total. The predicted octanol–water partition coefficient (Wildman–Crippen LogP) is 4.62. The number of halogens is 2. The Hall–Kier alpha value is -1.91. The largest absolute Gasteiger partial charge is 0.504 e. The zero-order valence-electron chi connectivity index (χ0n) is 10.5. The molecule has 2 aromatic carbocycles. The van der Waals surface area contributed by atoms with Crippen LogP contribution in [0.25, 0.3) is 0 Å². The Morgan fingerprint density at radius 3 is 2.55 bits per heavy atom. The Morgan fingerprint density at radius 2 is 1.90 bits per heavy atom. The number of rotatable bonds is 2. The number of carbonyl (C=O) groups is 1. The highest BCUT2D eigenvalue weighted by Gasteiger charge is 2.15. The second-order valence-electron chi connectivity index (χ2n) is 4.02. The number of nitrogens with one attached hydrogen (secondary N) is 1. The molecule has 0 aliphatic heterocycles. The first-order valence-electron chi connectivity index (χ1n) is 5.70. The fraction of sp³-hybridized carbons (Fsp3) is 0.0714. The van der Waals surface area contributed by atoms with Crippen LogP contribution in [0.15, 0.2) is 36.4 Å². The number of carbonyl (C=O) groups excluding carboxylic acids is 1. The summed E-state index contributed by atoms with van der Waals surface area (Å²) in [7, 11) is 0. The molecule has 0 aromatic heterocycles. The lowest BCUT2D eigenvalue weighted by atomic mass is 10.2. The summed E-state index contributed by atoms with van der Waals surface area (Å²) in [5.74, 6) is 0.132. The summed E-state index contributed by atoms with van der Waals surface area (Å²) in [6, 6.07) is 9.95. The predicted molar refractivity (Wildman–Crippen MR) is 79.0 cm³/mol. The normalized spacial score (nSPS) is 10.2. The first kappa shape index (κ1) is 14.5. The maximum Gasteiger partial charge on any atom is 0.417 e. The highest BCUT2D eigenvalue weighted by molar-refractivity contribution is 6.37. The Morgan fingerprint density at radius 1 is 1.25 bits per heavy atom. The van der Waals surface area contributed by atoms with E-state index in [0.29, 0.717) is 16.3 Å². The Kier molecular flexibility index (Phi) is 4.37. The smallest absolute Gasteiger partial charge is 0.417 e. The maximum absolute atomic E-state index is 11.7. The van der Waals surface area contributed by atoms with Crippen molar-refractivity contribution in [3.05, 3.63) is 52.0 Å². The zero-order chi connectivity index (χ0) is 14.7. The van der Waals surface area contributed by atoms with Crippen LogP contribution < -0.4 is 10.1 Å². The number of amides is 1. The van der Waals surface area contributed by atoms with Crippen molar-refractivity contribution in [3.8, 4) is 11.5 Å². The average molecular weight is 312 g/mol. The van der Waals surface area contributed by atoms with Crippen LogP contribution in [0.4, 0.5) is 10.5 Å². The second-order valence-corrected chi connectivity index (χ2v) is 4.81. The number of hydrogen-bond donors (Lipinski definition) is 2. The molecule has 2 rings (SSSR count). The van der Waals surface area contributed by atoms with Crippen LogP contribution in [0.3, 0.4) is 0 Å². The SMILES string of the molecule is Cc1c(Cl)cc(NC(=O)Oc2ccccc2)c(O)c1Cl. The average Bonchev–Trinajstić information content (AvgIpc) is 2.43. The lowest BCUT2D eigenvalue weighted by Gasteiger charge is -2.11. The van der Waals surface area contributed by atoms with Gasteiger partial charge in [-0.3, -0.25) is 5.32 Å². The molecule has 0 bridgehead atoms. The molecule has 104 valence electrons. The molecule has 0 saturated heterocycles. The molecule has 6 heteroatoms.